The van der Waals surface area contributed by atoms with E-state index in [0.29, 0.717) is 16.6 Å². The molecule has 0 saturated carbocycles. The number of halogens is 1. The number of hydrogen-bond donors (Lipinski definition) is 1. The van der Waals surface area contributed by atoms with Crippen LogP contribution in [0.3, 0.4) is 0 Å². The van der Waals surface area contributed by atoms with Crippen LogP contribution in [0.15, 0.2) is 40.6 Å². The molecule has 0 saturated heterocycles. The molecule has 0 aliphatic rings. The number of H-pyrrole nitrogens is 1. The minimum Gasteiger partial charge on any atom is -0.305 e. The monoisotopic (exact) mass is 353 g/mol. The van der Waals surface area contributed by atoms with Gasteiger partial charge in [-0.05, 0) is 18.2 Å². The molecule has 0 aliphatic carbocycles. The highest BCUT2D eigenvalue weighted by molar-refractivity contribution is 7.15. The highest BCUT2D eigenvalue weighted by atomic mass is 35.5. The zero-order chi connectivity index (χ0) is 16.7. The molecule has 3 heterocycles. The molecule has 116 valence electrons. The second-order valence-electron chi connectivity index (χ2n) is 4.94. The number of para-hydroxylation sites is 1. The Balaban J connectivity index is 1.93. The van der Waals surface area contributed by atoms with E-state index < -0.39 is 0 Å². The van der Waals surface area contributed by atoms with Crippen LogP contribution in [0.25, 0.3) is 27.5 Å². The number of nitriles is 1. The number of thiazole rings is 1. The zero-order valence-corrected chi connectivity index (χ0v) is 13.6. The number of allylic oxidation sites excluding steroid dienone is 1. The van der Waals surface area contributed by atoms with E-state index >= 15 is 0 Å². The molecule has 0 amide bonds. The maximum absolute atomic E-state index is 12.2. The summed E-state index contributed by atoms with van der Waals surface area (Å²) in [5.74, 6) is 0.197. The highest BCUT2D eigenvalue weighted by Crippen LogP contribution is 2.25. The van der Waals surface area contributed by atoms with E-state index in [0.717, 1.165) is 4.96 Å². The maximum Gasteiger partial charge on any atom is 0.259 e. The third-order valence-electron chi connectivity index (χ3n) is 3.52. The van der Waals surface area contributed by atoms with Crippen molar-refractivity contribution in [1.29, 1.82) is 5.26 Å². The smallest absolute Gasteiger partial charge is 0.259 e. The largest absolute Gasteiger partial charge is 0.305 e. The van der Waals surface area contributed by atoms with Gasteiger partial charge >= 0.3 is 0 Å². The summed E-state index contributed by atoms with van der Waals surface area (Å²) in [4.78, 5) is 24.2. The summed E-state index contributed by atoms with van der Waals surface area (Å²) in [6.07, 6.45) is 3.39. The fourth-order valence-corrected chi connectivity index (χ4v) is 3.41. The molecule has 0 aliphatic heterocycles. The third-order valence-corrected chi connectivity index (χ3v) is 4.56. The van der Waals surface area contributed by atoms with Gasteiger partial charge in [0, 0.05) is 11.6 Å². The Morgan fingerprint density at radius 3 is 3.04 bits per heavy atom. The van der Waals surface area contributed by atoms with Gasteiger partial charge in [-0.3, -0.25) is 9.20 Å². The number of aromatic amines is 1. The van der Waals surface area contributed by atoms with E-state index in [2.05, 4.69) is 21.0 Å². The van der Waals surface area contributed by atoms with Crippen molar-refractivity contribution in [3.63, 3.8) is 0 Å². The van der Waals surface area contributed by atoms with Gasteiger partial charge in [0.1, 0.15) is 6.07 Å². The van der Waals surface area contributed by atoms with Crippen LogP contribution in [0.1, 0.15) is 11.5 Å². The van der Waals surface area contributed by atoms with Crippen LogP contribution in [0.4, 0.5) is 0 Å². The molecule has 6 nitrogen and oxygen atoms in total. The average Bonchev–Trinajstić information content (AvgIpc) is 3.14. The van der Waals surface area contributed by atoms with Crippen LogP contribution >= 0.6 is 22.9 Å². The number of nitrogens with zero attached hydrogens (tertiary/aromatic N) is 4. The van der Waals surface area contributed by atoms with Crippen molar-refractivity contribution in [2.75, 3.05) is 0 Å². The second kappa shape index (κ2) is 5.60. The zero-order valence-electron chi connectivity index (χ0n) is 12.0. The molecule has 1 N–H and O–H groups in total. The van der Waals surface area contributed by atoms with Gasteiger partial charge in [-0.1, -0.05) is 23.7 Å². The fourth-order valence-electron chi connectivity index (χ4n) is 2.41. The van der Waals surface area contributed by atoms with Gasteiger partial charge in [0.05, 0.1) is 22.2 Å². The van der Waals surface area contributed by atoms with Crippen LogP contribution in [0.5, 0.6) is 0 Å². The predicted octanol–water partition coefficient (Wildman–Crippen LogP) is 3.35. The predicted molar refractivity (Wildman–Crippen MR) is 93.9 cm³/mol. The molecule has 24 heavy (non-hydrogen) atoms. The Bertz CT molecular complexity index is 1210. The molecule has 4 rings (SSSR count). The molecule has 1 aromatic carbocycles. The van der Waals surface area contributed by atoms with Gasteiger partial charge in [-0.2, -0.15) is 5.26 Å². The van der Waals surface area contributed by atoms with Crippen molar-refractivity contribution in [3.05, 3.63) is 62.9 Å². The molecule has 0 atom stereocenters. The van der Waals surface area contributed by atoms with Crippen LogP contribution < -0.4 is 5.56 Å². The molecule has 0 spiro atoms. The van der Waals surface area contributed by atoms with Gasteiger partial charge < -0.3 is 4.98 Å². The van der Waals surface area contributed by atoms with Gasteiger partial charge in [-0.25, -0.2) is 9.97 Å². The van der Waals surface area contributed by atoms with Crippen molar-refractivity contribution in [3.8, 4) is 6.07 Å². The number of nitrogens with one attached hydrogen (secondary N) is 1. The molecule has 3 aromatic heterocycles. The summed E-state index contributed by atoms with van der Waals surface area (Å²) in [6, 6.07) is 9.03. The molecular weight excluding hydrogens is 346 g/mol. The average molecular weight is 354 g/mol. The van der Waals surface area contributed by atoms with Crippen LogP contribution in [0.2, 0.25) is 5.15 Å². The van der Waals surface area contributed by atoms with E-state index in [-0.39, 0.29) is 22.1 Å². The number of hydrogen-bond acceptors (Lipinski definition) is 5. The minimum atomic E-state index is -0.295. The first-order valence-corrected chi connectivity index (χ1v) is 8.15. The molecule has 0 radical (unpaired) electrons. The minimum absolute atomic E-state index is 0.197. The van der Waals surface area contributed by atoms with Crippen molar-refractivity contribution >= 4 is 50.5 Å². The molecular formula is C16H8ClN5OS. The molecule has 4 aromatic rings. The second-order valence-corrected chi connectivity index (χ2v) is 6.18. The number of imidazole rings is 1. The summed E-state index contributed by atoms with van der Waals surface area (Å²) in [7, 11) is 0. The van der Waals surface area contributed by atoms with E-state index in [1.54, 1.807) is 34.7 Å². The Kier molecular flexibility index (Phi) is 3.41. The first-order chi connectivity index (χ1) is 11.7. The van der Waals surface area contributed by atoms with E-state index in [4.69, 9.17) is 11.6 Å². The number of rotatable bonds is 2. The summed E-state index contributed by atoms with van der Waals surface area (Å²) in [5, 5.41) is 12.1. The van der Waals surface area contributed by atoms with Gasteiger partial charge in [0.25, 0.3) is 5.56 Å². The lowest BCUT2D eigenvalue weighted by atomic mass is 10.2. The summed E-state index contributed by atoms with van der Waals surface area (Å²) < 4.78 is 1.78. The fraction of sp³-hybridized carbons (Fsp3) is 0. The Labute approximate surface area is 144 Å². The Morgan fingerprint density at radius 1 is 1.38 bits per heavy atom. The van der Waals surface area contributed by atoms with Crippen molar-refractivity contribution in [2.45, 2.75) is 0 Å². The SMILES string of the molecule is N#C/C(=C\c1c(Cl)nc2sccn12)c1nc2ccccc2c(=O)[nH]1. The van der Waals surface area contributed by atoms with E-state index in [1.807, 2.05) is 11.6 Å². The topological polar surface area (TPSA) is 86.8 Å². The standard InChI is InChI=1S/C16H8ClN5OS/c17-13-12(22-5-6-24-16(22)20-13)7-9(8-18)14-19-11-4-2-1-3-10(11)15(23)21-14/h1-7H,(H,19,21,23)/b9-7+. The van der Waals surface area contributed by atoms with Crippen LogP contribution in [0, 0.1) is 11.3 Å². The van der Waals surface area contributed by atoms with E-state index in [9.17, 15) is 10.1 Å². The molecule has 0 fully saturated rings. The number of benzene rings is 1. The highest BCUT2D eigenvalue weighted by Gasteiger charge is 2.13. The van der Waals surface area contributed by atoms with Gasteiger partial charge in [0.2, 0.25) is 0 Å². The van der Waals surface area contributed by atoms with Crippen molar-refractivity contribution in [1.82, 2.24) is 19.4 Å². The molecule has 0 bridgehead atoms. The maximum atomic E-state index is 12.2. The van der Waals surface area contributed by atoms with Crippen LogP contribution in [-0.4, -0.2) is 19.4 Å². The quantitative estimate of drug-likeness (QED) is 0.560. The summed E-state index contributed by atoms with van der Waals surface area (Å²) >= 11 is 7.59. The normalized spacial score (nSPS) is 11.9. The first-order valence-electron chi connectivity index (χ1n) is 6.89. The van der Waals surface area contributed by atoms with Crippen LogP contribution in [-0.2, 0) is 0 Å². The van der Waals surface area contributed by atoms with E-state index in [1.165, 1.54) is 11.3 Å². The number of aromatic nitrogens is 4. The van der Waals surface area contributed by atoms with Gasteiger partial charge in [-0.15, -0.1) is 11.3 Å². The Morgan fingerprint density at radius 2 is 2.21 bits per heavy atom. The lowest BCUT2D eigenvalue weighted by molar-refractivity contribution is 1.13. The van der Waals surface area contributed by atoms with Gasteiger partial charge in [0.15, 0.2) is 15.9 Å². The summed E-state index contributed by atoms with van der Waals surface area (Å²) in [5.41, 5.74) is 1.00. The Hall–Kier alpha value is -2.95. The van der Waals surface area contributed by atoms with Crippen molar-refractivity contribution in [2.24, 2.45) is 0 Å². The molecule has 8 heteroatoms. The molecule has 0 unspecified atom stereocenters. The lowest BCUT2D eigenvalue weighted by Crippen LogP contribution is -2.11. The number of fused-ring (bicyclic) bond motifs is 2. The summed E-state index contributed by atoms with van der Waals surface area (Å²) in [6.45, 7) is 0. The first kappa shape index (κ1) is 14.6. The third kappa shape index (κ3) is 2.29. The van der Waals surface area contributed by atoms with Crippen molar-refractivity contribution < 1.29 is 0 Å². The lowest BCUT2D eigenvalue weighted by Gasteiger charge is -2.02.